The van der Waals surface area contributed by atoms with Crippen LogP contribution in [0.25, 0.3) is 5.69 Å². The number of likely N-dealkylation sites (tertiary alicyclic amines) is 1. The topological polar surface area (TPSA) is 79.7 Å². The smallest absolute Gasteiger partial charge is 0.410 e. The summed E-state index contributed by atoms with van der Waals surface area (Å²) in [6, 6.07) is 18.5. The van der Waals surface area contributed by atoms with Crippen molar-refractivity contribution in [3.05, 3.63) is 83.2 Å². The number of piperidine rings is 1. The van der Waals surface area contributed by atoms with Gasteiger partial charge in [-0.1, -0.05) is 42.5 Å². The Morgan fingerprint density at radius 3 is 2.38 bits per heavy atom. The highest BCUT2D eigenvalue weighted by Gasteiger charge is 2.32. The Morgan fingerprint density at radius 1 is 0.974 bits per heavy atom. The molecule has 8 heteroatoms. The molecule has 1 N–H and O–H groups in total. The Balaban J connectivity index is 1.26. The average molecular weight is 530 g/mol. The zero-order valence-electron chi connectivity index (χ0n) is 23.2. The third-order valence-electron chi connectivity index (χ3n) is 7.51. The zero-order valence-corrected chi connectivity index (χ0v) is 23.2. The number of carbonyl (C=O) groups is 2. The van der Waals surface area contributed by atoms with E-state index in [1.807, 2.05) is 55.8 Å². The number of hydrogen-bond donors (Lipinski definition) is 1. The first-order chi connectivity index (χ1) is 18.8. The average Bonchev–Trinajstić information content (AvgIpc) is 3.38. The van der Waals surface area contributed by atoms with Crippen LogP contribution in [0.2, 0.25) is 0 Å². The largest absolute Gasteiger partial charge is 0.444 e. The Morgan fingerprint density at radius 2 is 1.67 bits per heavy atom. The van der Waals surface area contributed by atoms with E-state index in [4.69, 9.17) is 4.74 Å². The van der Waals surface area contributed by atoms with Crippen molar-refractivity contribution < 1.29 is 14.3 Å². The molecule has 0 spiro atoms. The van der Waals surface area contributed by atoms with Gasteiger partial charge in [0, 0.05) is 45.2 Å². The third kappa shape index (κ3) is 6.50. The quantitative estimate of drug-likeness (QED) is 0.497. The summed E-state index contributed by atoms with van der Waals surface area (Å²) < 4.78 is 7.47. The summed E-state index contributed by atoms with van der Waals surface area (Å²) in [6.45, 7) is 10.1. The second-order valence-electron chi connectivity index (χ2n) is 11.5. The van der Waals surface area contributed by atoms with Gasteiger partial charge in [0.05, 0.1) is 23.1 Å². The van der Waals surface area contributed by atoms with Gasteiger partial charge >= 0.3 is 6.09 Å². The highest BCUT2D eigenvalue weighted by molar-refractivity contribution is 5.95. The first-order valence-corrected chi connectivity index (χ1v) is 14.0. The third-order valence-corrected chi connectivity index (χ3v) is 7.51. The van der Waals surface area contributed by atoms with Crippen LogP contribution in [0.1, 0.15) is 66.7 Å². The molecule has 1 fully saturated rings. The number of carbonyl (C=O) groups excluding carboxylic acids is 2. The van der Waals surface area contributed by atoms with Crippen LogP contribution in [0, 0.1) is 0 Å². The molecule has 5 rings (SSSR count). The van der Waals surface area contributed by atoms with Gasteiger partial charge in [0.25, 0.3) is 5.91 Å². The van der Waals surface area contributed by atoms with Crippen LogP contribution in [0.15, 0.2) is 60.8 Å². The van der Waals surface area contributed by atoms with Gasteiger partial charge in [0.2, 0.25) is 0 Å². The molecular weight excluding hydrogens is 490 g/mol. The van der Waals surface area contributed by atoms with Gasteiger partial charge in [-0.15, -0.1) is 0 Å². The van der Waals surface area contributed by atoms with Crippen LogP contribution in [-0.2, 0) is 17.7 Å². The molecule has 0 unspecified atom stereocenters. The number of amides is 2. The molecule has 0 atom stereocenters. The van der Waals surface area contributed by atoms with Crippen LogP contribution in [0.5, 0.6) is 0 Å². The Kier molecular flexibility index (Phi) is 8.02. The zero-order chi connectivity index (χ0) is 27.4. The number of fused-ring (bicyclic) bond motifs is 1. The fourth-order valence-electron chi connectivity index (χ4n) is 5.53. The Hall–Kier alpha value is -3.65. The van der Waals surface area contributed by atoms with Crippen LogP contribution in [-0.4, -0.2) is 69.9 Å². The van der Waals surface area contributed by atoms with E-state index in [-0.39, 0.29) is 17.9 Å². The highest BCUT2D eigenvalue weighted by atomic mass is 16.6. The van der Waals surface area contributed by atoms with E-state index in [1.165, 1.54) is 11.1 Å². The van der Waals surface area contributed by atoms with Crippen molar-refractivity contribution in [1.82, 2.24) is 24.9 Å². The first-order valence-electron chi connectivity index (χ1n) is 14.0. The molecule has 39 heavy (non-hydrogen) atoms. The molecule has 1 saturated heterocycles. The van der Waals surface area contributed by atoms with Gasteiger partial charge in [-0.05, 0) is 63.3 Å². The predicted molar refractivity (Wildman–Crippen MR) is 151 cm³/mol. The van der Waals surface area contributed by atoms with Crippen LogP contribution in [0.4, 0.5) is 4.79 Å². The number of nitrogens with zero attached hydrogens (tertiary/aromatic N) is 4. The minimum atomic E-state index is -0.525. The van der Waals surface area contributed by atoms with Crippen LogP contribution in [0.3, 0.4) is 0 Å². The van der Waals surface area contributed by atoms with Crippen molar-refractivity contribution in [3.63, 3.8) is 0 Å². The summed E-state index contributed by atoms with van der Waals surface area (Å²) in [7, 11) is 0. The Bertz CT molecular complexity index is 1290. The van der Waals surface area contributed by atoms with Crippen LogP contribution < -0.4 is 5.32 Å². The number of ether oxygens (including phenoxy) is 1. The van der Waals surface area contributed by atoms with E-state index in [1.54, 1.807) is 11.1 Å². The second kappa shape index (κ2) is 11.6. The number of aromatic nitrogens is 2. The predicted octanol–water partition coefficient (Wildman–Crippen LogP) is 4.77. The lowest BCUT2D eigenvalue weighted by Crippen LogP contribution is -2.42. The van der Waals surface area contributed by atoms with Crippen molar-refractivity contribution in [3.8, 4) is 5.69 Å². The molecule has 8 nitrogen and oxygen atoms in total. The lowest BCUT2D eigenvalue weighted by molar-refractivity contribution is 0.0203. The number of para-hydroxylation sites is 1. The molecule has 0 bridgehead atoms. The molecule has 0 radical (unpaired) electrons. The van der Waals surface area contributed by atoms with Crippen molar-refractivity contribution >= 4 is 12.0 Å². The summed E-state index contributed by atoms with van der Waals surface area (Å²) in [5.74, 6) is 0.00454. The van der Waals surface area contributed by atoms with Crippen LogP contribution >= 0.6 is 0 Å². The van der Waals surface area contributed by atoms with Gasteiger partial charge in [0.15, 0.2) is 0 Å². The summed E-state index contributed by atoms with van der Waals surface area (Å²) in [5.41, 5.74) is 4.72. The number of rotatable bonds is 6. The first kappa shape index (κ1) is 26.9. The fraction of sp³-hybridized carbons (Fsp3) is 0.452. The van der Waals surface area contributed by atoms with Crippen molar-refractivity contribution in [2.45, 2.75) is 58.1 Å². The molecule has 2 amide bonds. The maximum absolute atomic E-state index is 13.5. The lowest BCUT2D eigenvalue weighted by atomic mass is 9.91. The van der Waals surface area contributed by atoms with Crippen molar-refractivity contribution in [2.75, 3.05) is 32.7 Å². The standard InChI is InChI=1S/C31H39N5O3/c1-31(2,3)39-30(38)35-18-14-24(15-19-35)28-27(21-33-36(28)26-11-5-4-6-12-26)29(37)32-16-20-34-17-13-23-9-7-8-10-25(23)22-34/h4-12,21,24H,13-20,22H2,1-3H3,(H,32,37). The molecule has 2 aromatic carbocycles. The van der Waals surface area contributed by atoms with E-state index < -0.39 is 5.60 Å². The number of hydrogen-bond acceptors (Lipinski definition) is 5. The molecule has 2 aliphatic heterocycles. The monoisotopic (exact) mass is 529 g/mol. The molecule has 3 aromatic rings. The number of nitrogens with one attached hydrogen (secondary N) is 1. The molecule has 2 aliphatic rings. The summed E-state index contributed by atoms with van der Waals surface area (Å²) in [5, 5.41) is 7.80. The van der Waals surface area contributed by atoms with Gasteiger partial charge in [-0.2, -0.15) is 5.10 Å². The summed E-state index contributed by atoms with van der Waals surface area (Å²) in [6.07, 6.45) is 3.93. The maximum Gasteiger partial charge on any atom is 0.410 e. The van der Waals surface area contributed by atoms with Gasteiger partial charge in [-0.25, -0.2) is 9.48 Å². The molecule has 0 saturated carbocycles. The summed E-state index contributed by atoms with van der Waals surface area (Å²) >= 11 is 0. The normalized spacial score (nSPS) is 16.5. The van der Waals surface area contributed by atoms with E-state index >= 15 is 0 Å². The van der Waals surface area contributed by atoms with Gasteiger partial charge in [-0.3, -0.25) is 9.69 Å². The molecule has 206 valence electrons. The minimum Gasteiger partial charge on any atom is -0.444 e. The maximum atomic E-state index is 13.5. The number of benzene rings is 2. The van der Waals surface area contributed by atoms with Gasteiger partial charge in [0.1, 0.15) is 5.60 Å². The molecule has 0 aliphatic carbocycles. The molecule has 1 aromatic heterocycles. The van der Waals surface area contributed by atoms with Gasteiger partial charge < -0.3 is 15.0 Å². The van der Waals surface area contributed by atoms with E-state index in [0.29, 0.717) is 25.2 Å². The van der Waals surface area contributed by atoms with Crippen molar-refractivity contribution in [2.24, 2.45) is 0 Å². The second-order valence-corrected chi connectivity index (χ2v) is 11.5. The molecule has 3 heterocycles. The SMILES string of the molecule is CC(C)(C)OC(=O)N1CCC(c2c(C(=O)NCCN3CCc4ccccc4C3)cnn2-c2ccccc2)CC1. The molecular formula is C31H39N5O3. The summed E-state index contributed by atoms with van der Waals surface area (Å²) in [4.78, 5) is 30.2. The van der Waals surface area contributed by atoms with E-state index in [0.717, 1.165) is 50.3 Å². The lowest BCUT2D eigenvalue weighted by Gasteiger charge is -2.34. The minimum absolute atomic E-state index is 0.0980. The van der Waals surface area contributed by atoms with E-state index in [9.17, 15) is 9.59 Å². The fourth-order valence-corrected chi connectivity index (χ4v) is 5.53. The Labute approximate surface area is 230 Å². The van der Waals surface area contributed by atoms with Crippen molar-refractivity contribution in [1.29, 1.82) is 0 Å². The highest BCUT2D eigenvalue weighted by Crippen LogP contribution is 2.32. The van der Waals surface area contributed by atoms with E-state index in [2.05, 4.69) is 39.6 Å².